The smallest absolute Gasteiger partial charge is 0.412 e. The van der Waals surface area contributed by atoms with Crippen LogP contribution in [0.25, 0.3) is 0 Å². The maximum absolute atomic E-state index is 12.2. The van der Waals surface area contributed by atoms with Crippen molar-refractivity contribution in [2.45, 2.75) is 60.5 Å². The van der Waals surface area contributed by atoms with Crippen LogP contribution in [0.4, 0.5) is 4.79 Å². The molecule has 0 heterocycles. The summed E-state index contributed by atoms with van der Waals surface area (Å²) in [5, 5.41) is 13.6. The average Bonchev–Trinajstić information content (AvgIpc) is 2.60. The van der Waals surface area contributed by atoms with Gasteiger partial charge in [0, 0.05) is 18.5 Å². The summed E-state index contributed by atoms with van der Waals surface area (Å²) >= 11 is 0. The average molecular weight is 406 g/mol. The van der Waals surface area contributed by atoms with Gasteiger partial charge >= 0.3 is 12.1 Å². The highest BCUT2D eigenvalue weighted by Crippen LogP contribution is 2.17. The van der Waals surface area contributed by atoms with E-state index in [1.54, 1.807) is 46.9 Å². The molecule has 0 aromatic heterocycles. The van der Waals surface area contributed by atoms with Crippen LogP contribution in [-0.2, 0) is 14.3 Å². The van der Waals surface area contributed by atoms with Crippen molar-refractivity contribution in [2.75, 3.05) is 14.2 Å². The Morgan fingerprint density at radius 3 is 2.07 bits per heavy atom. The van der Waals surface area contributed by atoms with Crippen molar-refractivity contribution in [1.82, 2.24) is 10.6 Å². The number of amides is 1. The lowest BCUT2D eigenvalue weighted by Gasteiger charge is -2.20. The van der Waals surface area contributed by atoms with Gasteiger partial charge in [0.25, 0.3) is 0 Å². The minimum atomic E-state index is -0.609. The summed E-state index contributed by atoms with van der Waals surface area (Å²) in [5.41, 5.74) is 2.28. The number of rotatable bonds is 8. The summed E-state index contributed by atoms with van der Waals surface area (Å²) in [7, 11) is 2.95. The normalized spacial score (nSPS) is 14.0. The van der Waals surface area contributed by atoms with Crippen LogP contribution in [0.3, 0.4) is 0 Å². The SMILES string of the molecule is CC/C=C(C)/C(=C\C=C(C)\C(NC)=C(\C(C)=N)C(=O)OC)NC(=O)OC(C)(C)C. The molecule has 0 fully saturated rings. The van der Waals surface area contributed by atoms with Crippen molar-refractivity contribution in [2.24, 2.45) is 0 Å². The number of alkyl carbamates (subject to hydrolysis) is 1. The van der Waals surface area contributed by atoms with E-state index in [1.165, 1.54) is 14.0 Å². The van der Waals surface area contributed by atoms with E-state index in [0.717, 1.165) is 12.0 Å². The lowest BCUT2D eigenvalue weighted by molar-refractivity contribution is -0.135. The van der Waals surface area contributed by atoms with Gasteiger partial charge < -0.3 is 20.2 Å². The molecule has 0 aromatic rings. The molecule has 7 heteroatoms. The Labute approximate surface area is 174 Å². The standard InChI is InChI=1S/C22H35N3O4/c1-10-11-14(2)17(25-21(27)29-22(5,6)7)13-12-15(3)19(24-8)18(16(4)23)20(26)28-9/h11-13,23-24H,10H2,1-9H3,(H,25,27)/b14-11+,15-12+,17-13+,19-18+,23-16?. The third-order valence-electron chi connectivity index (χ3n) is 3.73. The van der Waals surface area contributed by atoms with Gasteiger partial charge in [0.05, 0.1) is 12.8 Å². The Bertz CT molecular complexity index is 751. The van der Waals surface area contributed by atoms with Crippen molar-refractivity contribution in [3.8, 4) is 0 Å². The second kappa shape index (κ2) is 11.9. The molecule has 0 radical (unpaired) electrons. The van der Waals surface area contributed by atoms with Crippen molar-refractivity contribution < 1.29 is 19.1 Å². The number of carbonyl (C=O) groups excluding carboxylic acids is 2. The van der Waals surface area contributed by atoms with Crippen molar-refractivity contribution in [3.63, 3.8) is 0 Å². The molecular formula is C22H35N3O4. The number of hydrogen-bond acceptors (Lipinski definition) is 6. The van der Waals surface area contributed by atoms with E-state index in [-0.39, 0.29) is 11.3 Å². The molecule has 162 valence electrons. The Morgan fingerprint density at radius 1 is 1.07 bits per heavy atom. The van der Waals surface area contributed by atoms with E-state index in [2.05, 4.69) is 10.6 Å². The molecule has 1 amide bonds. The van der Waals surface area contributed by atoms with Crippen LogP contribution in [0, 0.1) is 5.41 Å². The first-order valence-corrected chi connectivity index (χ1v) is 9.49. The fourth-order valence-electron chi connectivity index (χ4n) is 2.46. The topological polar surface area (TPSA) is 101 Å². The quantitative estimate of drug-likeness (QED) is 0.241. The van der Waals surface area contributed by atoms with Crippen molar-refractivity contribution in [1.29, 1.82) is 5.41 Å². The van der Waals surface area contributed by atoms with E-state index in [0.29, 0.717) is 17.0 Å². The highest BCUT2D eigenvalue weighted by atomic mass is 16.6. The van der Waals surface area contributed by atoms with Gasteiger partial charge in [0.2, 0.25) is 0 Å². The van der Waals surface area contributed by atoms with Crippen LogP contribution in [0.1, 0.15) is 54.9 Å². The zero-order chi connectivity index (χ0) is 22.8. The zero-order valence-electron chi connectivity index (χ0n) is 19.1. The lowest BCUT2D eigenvalue weighted by Crippen LogP contribution is -2.32. The molecule has 0 aliphatic rings. The summed E-state index contributed by atoms with van der Waals surface area (Å²) in [6, 6.07) is 0. The van der Waals surface area contributed by atoms with E-state index >= 15 is 0 Å². The molecular weight excluding hydrogens is 370 g/mol. The van der Waals surface area contributed by atoms with Gasteiger partial charge in [-0.1, -0.05) is 19.1 Å². The molecule has 0 saturated carbocycles. The Hall–Kier alpha value is -2.83. The van der Waals surface area contributed by atoms with E-state index in [1.807, 2.05) is 19.9 Å². The van der Waals surface area contributed by atoms with Gasteiger partial charge in [-0.25, -0.2) is 9.59 Å². The summed E-state index contributed by atoms with van der Waals surface area (Å²) < 4.78 is 10.1. The van der Waals surface area contributed by atoms with Crippen LogP contribution < -0.4 is 10.6 Å². The third-order valence-corrected chi connectivity index (χ3v) is 3.73. The van der Waals surface area contributed by atoms with Crippen LogP contribution in [0.2, 0.25) is 0 Å². The number of hydrogen-bond donors (Lipinski definition) is 3. The van der Waals surface area contributed by atoms with Crippen molar-refractivity contribution >= 4 is 17.8 Å². The molecule has 0 aliphatic heterocycles. The van der Waals surface area contributed by atoms with Gasteiger partial charge in [-0.2, -0.15) is 0 Å². The van der Waals surface area contributed by atoms with Crippen LogP contribution in [0.15, 0.2) is 46.3 Å². The van der Waals surface area contributed by atoms with Crippen LogP contribution in [0.5, 0.6) is 0 Å². The maximum Gasteiger partial charge on any atom is 0.412 e. The van der Waals surface area contributed by atoms with Crippen LogP contribution in [-0.4, -0.2) is 37.5 Å². The maximum atomic E-state index is 12.2. The molecule has 0 atom stereocenters. The van der Waals surface area contributed by atoms with E-state index in [9.17, 15) is 9.59 Å². The van der Waals surface area contributed by atoms with Gasteiger partial charge in [-0.15, -0.1) is 0 Å². The molecule has 0 saturated heterocycles. The fraction of sp³-hybridized carbons (Fsp3) is 0.500. The molecule has 0 aromatic carbocycles. The number of carbonyl (C=O) groups is 2. The molecule has 29 heavy (non-hydrogen) atoms. The first-order valence-electron chi connectivity index (χ1n) is 9.49. The van der Waals surface area contributed by atoms with E-state index < -0.39 is 17.7 Å². The number of allylic oxidation sites excluding steroid dienone is 5. The second-order valence-corrected chi connectivity index (χ2v) is 7.47. The summed E-state index contributed by atoms with van der Waals surface area (Å²) in [6.07, 6.45) is 5.75. The number of methoxy groups -OCH3 is 1. The van der Waals surface area contributed by atoms with Gasteiger partial charge in [0.15, 0.2) is 0 Å². The number of ether oxygens (including phenoxy) is 2. The molecule has 3 N–H and O–H groups in total. The molecule has 0 rings (SSSR count). The van der Waals surface area contributed by atoms with Gasteiger partial charge in [-0.3, -0.25) is 5.32 Å². The highest BCUT2D eigenvalue weighted by Gasteiger charge is 2.19. The van der Waals surface area contributed by atoms with Crippen LogP contribution >= 0.6 is 0 Å². The molecule has 0 spiro atoms. The summed E-state index contributed by atoms with van der Waals surface area (Å²) in [5.74, 6) is -0.590. The fourth-order valence-corrected chi connectivity index (χ4v) is 2.46. The molecule has 7 nitrogen and oxygen atoms in total. The predicted octanol–water partition coefficient (Wildman–Crippen LogP) is 4.38. The minimum absolute atomic E-state index is 0.0899. The first kappa shape index (κ1) is 26.2. The van der Waals surface area contributed by atoms with Gasteiger partial charge in [0.1, 0.15) is 11.2 Å². The largest absolute Gasteiger partial charge is 0.465 e. The number of likely N-dealkylation sites (N-methyl/N-ethyl adjacent to an activating group) is 1. The minimum Gasteiger partial charge on any atom is -0.465 e. The highest BCUT2D eigenvalue weighted by molar-refractivity contribution is 6.18. The summed E-state index contributed by atoms with van der Waals surface area (Å²) in [4.78, 5) is 24.3. The zero-order valence-corrected chi connectivity index (χ0v) is 19.1. The number of esters is 1. The molecule has 0 unspecified atom stereocenters. The Balaban J connectivity index is 6.14. The Kier molecular flexibility index (Phi) is 10.7. The molecule has 0 aliphatic carbocycles. The lowest BCUT2D eigenvalue weighted by atomic mass is 10.0. The third kappa shape index (κ3) is 9.27. The second-order valence-electron chi connectivity index (χ2n) is 7.47. The Morgan fingerprint density at radius 2 is 1.66 bits per heavy atom. The first-order chi connectivity index (χ1) is 13.4. The number of nitrogens with one attached hydrogen (secondary N) is 3. The van der Waals surface area contributed by atoms with E-state index in [4.69, 9.17) is 14.9 Å². The van der Waals surface area contributed by atoms with Crippen molar-refractivity contribution in [3.05, 3.63) is 46.3 Å². The predicted molar refractivity (Wildman–Crippen MR) is 117 cm³/mol. The molecule has 0 bridgehead atoms. The van der Waals surface area contributed by atoms with Gasteiger partial charge in [-0.05, 0) is 65.2 Å². The summed E-state index contributed by atoms with van der Waals surface area (Å²) in [6.45, 7) is 12.6. The monoisotopic (exact) mass is 405 g/mol.